The van der Waals surface area contributed by atoms with Gasteiger partial charge < -0.3 is 58.5 Å². The van der Waals surface area contributed by atoms with Crippen LogP contribution >= 0.6 is 0 Å². The summed E-state index contributed by atoms with van der Waals surface area (Å²) in [6.45, 7) is -0.829. The van der Waals surface area contributed by atoms with Gasteiger partial charge in [-0.15, -0.1) is 0 Å². The molecule has 1 amide bonds. The largest absolute Gasteiger partial charge is 1.00 e. The predicted molar refractivity (Wildman–Crippen MR) is 145 cm³/mol. The molecule has 0 aromatic rings. The minimum atomic E-state index is -5.60. The van der Waals surface area contributed by atoms with E-state index in [4.69, 9.17) is 18.9 Å². The van der Waals surface area contributed by atoms with Gasteiger partial charge in [-0.25, -0.2) is 16.8 Å². The van der Waals surface area contributed by atoms with Crippen LogP contribution in [-0.4, -0.2) is 147 Å². The van der Waals surface area contributed by atoms with Crippen molar-refractivity contribution in [1.82, 2.24) is 5.32 Å². The first-order valence-corrected chi connectivity index (χ1v) is 16.9. The molecular formula is C24H41NNa2O19S2. The molecule has 48 heavy (non-hydrogen) atoms. The SMILES string of the molecule is COC(=O)CCCCCCCCO[C@@H]1O[C@H](CO)[C@@H](O)[C@H](O[C@@H]2O[C@H](COS(=O)(=O)[O-])[C@H](O)[C@H](OS(=O)(=O)[O-])[C@H]2O)[C@H]1NC(C)=O.[Na+].[Na+]. The maximum Gasteiger partial charge on any atom is 1.00 e. The van der Waals surface area contributed by atoms with Crippen LogP contribution in [0.2, 0.25) is 0 Å². The molecule has 10 atom stereocenters. The van der Waals surface area contributed by atoms with Crippen LogP contribution in [0.3, 0.4) is 0 Å². The first-order chi connectivity index (χ1) is 21.5. The van der Waals surface area contributed by atoms with Crippen molar-refractivity contribution in [2.24, 2.45) is 0 Å². The Balaban J connectivity index is 0.0000110. The Kier molecular flexibility index (Phi) is 23.3. The van der Waals surface area contributed by atoms with E-state index < -0.39 is 101 Å². The number of amides is 1. The van der Waals surface area contributed by atoms with Crippen LogP contribution in [0.4, 0.5) is 0 Å². The molecule has 0 aromatic carbocycles. The molecule has 0 saturated carbocycles. The Morgan fingerprint density at radius 2 is 1.38 bits per heavy atom. The van der Waals surface area contributed by atoms with Crippen molar-refractivity contribution in [3.05, 3.63) is 0 Å². The van der Waals surface area contributed by atoms with Gasteiger partial charge in [-0.2, -0.15) is 0 Å². The number of nitrogens with one attached hydrogen (secondary N) is 1. The van der Waals surface area contributed by atoms with Crippen LogP contribution in [0.15, 0.2) is 0 Å². The fourth-order valence-electron chi connectivity index (χ4n) is 4.85. The topological polar surface area (TPSA) is 306 Å². The van der Waals surface area contributed by atoms with Crippen molar-refractivity contribution in [3.8, 4) is 0 Å². The Labute approximate surface area is 322 Å². The van der Waals surface area contributed by atoms with E-state index in [0.717, 1.165) is 32.6 Å². The van der Waals surface area contributed by atoms with E-state index in [1.54, 1.807) is 0 Å². The van der Waals surface area contributed by atoms with Crippen LogP contribution in [-0.2, 0) is 62.4 Å². The van der Waals surface area contributed by atoms with Gasteiger partial charge in [0.2, 0.25) is 26.7 Å². The number of rotatable bonds is 19. The molecule has 0 aliphatic carbocycles. The third kappa shape index (κ3) is 16.8. The minimum absolute atomic E-state index is 0. The van der Waals surface area contributed by atoms with Crippen molar-refractivity contribution in [2.45, 2.75) is 113 Å². The molecule has 2 heterocycles. The Morgan fingerprint density at radius 3 is 1.92 bits per heavy atom. The molecule has 2 rings (SSSR count). The van der Waals surface area contributed by atoms with Crippen LogP contribution in [0.25, 0.3) is 0 Å². The second-order valence-electron chi connectivity index (χ2n) is 10.5. The molecule has 5 N–H and O–H groups in total. The fraction of sp³-hybridized carbons (Fsp3) is 0.917. The summed E-state index contributed by atoms with van der Waals surface area (Å²) in [7, 11) is -9.64. The second-order valence-corrected chi connectivity index (χ2v) is 12.6. The fourth-order valence-corrected chi connectivity index (χ4v) is 5.65. The number of hydrogen-bond donors (Lipinski definition) is 5. The average molecular weight is 758 g/mol. The molecule has 0 aromatic heterocycles. The molecule has 0 spiro atoms. The maximum atomic E-state index is 12.1. The van der Waals surface area contributed by atoms with Crippen molar-refractivity contribution in [2.75, 3.05) is 26.9 Å². The summed E-state index contributed by atoms with van der Waals surface area (Å²) in [5.74, 6) is -0.944. The summed E-state index contributed by atoms with van der Waals surface area (Å²) in [6, 6.07) is -1.37. The summed E-state index contributed by atoms with van der Waals surface area (Å²) in [6.07, 6.45) is -12.4. The third-order valence-electron chi connectivity index (χ3n) is 7.05. The van der Waals surface area contributed by atoms with Crippen LogP contribution in [0.1, 0.15) is 51.9 Å². The number of aliphatic hydroxyl groups is 4. The Hall–Kier alpha value is 0.360. The van der Waals surface area contributed by atoms with Gasteiger partial charge in [0.25, 0.3) is 0 Å². The summed E-state index contributed by atoms with van der Waals surface area (Å²) >= 11 is 0. The summed E-state index contributed by atoms with van der Waals surface area (Å²) in [5, 5.41) is 44.4. The van der Waals surface area contributed by atoms with E-state index in [1.807, 2.05) is 0 Å². The van der Waals surface area contributed by atoms with Gasteiger partial charge in [-0.05, 0) is 12.8 Å². The number of carbonyl (C=O) groups excluding carboxylic acids is 2. The van der Waals surface area contributed by atoms with Gasteiger partial charge in [-0.3, -0.25) is 18.0 Å². The molecule has 24 heteroatoms. The first kappa shape index (κ1) is 48.4. The number of aliphatic hydroxyl groups excluding tert-OH is 4. The maximum absolute atomic E-state index is 12.1. The van der Waals surface area contributed by atoms with E-state index >= 15 is 0 Å². The standard InChI is InChI=1S/C24H43NO19S2.2Na/c1-13(27)25-17-21(18(29)14(11-26)41-23(17)39-10-8-6-4-3-5-7-9-16(28)38-2)43-24-20(31)22(44-46(35,36)37)19(30)15(42-24)12-40-45(32,33)34;;/h14-15,17-24,26,29-31H,3-12H2,1-2H3,(H,25,27)(H,32,33,34)(H,35,36,37);;/q;2*+1/p-2/t14-,15-,17-,18-,19+,20-,21-,22+,23-,24+;;/m1../s1. The first-order valence-electron chi connectivity index (χ1n) is 14.3. The second kappa shape index (κ2) is 23.1. The number of esters is 1. The average Bonchev–Trinajstić information content (AvgIpc) is 2.96. The quantitative estimate of drug-likeness (QED) is 0.0269. The van der Waals surface area contributed by atoms with Crippen LogP contribution in [0.5, 0.6) is 0 Å². The van der Waals surface area contributed by atoms with Gasteiger partial charge >= 0.3 is 65.1 Å². The van der Waals surface area contributed by atoms with Gasteiger partial charge in [0.05, 0.1) is 20.3 Å². The molecular weight excluding hydrogens is 716 g/mol. The molecule has 270 valence electrons. The van der Waals surface area contributed by atoms with Gasteiger partial charge in [-0.1, -0.05) is 25.7 Å². The Morgan fingerprint density at radius 1 is 0.812 bits per heavy atom. The number of methoxy groups -OCH3 is 1. The zero-order chi connectivity index (χ0) is 34.7. The molecule has 0 unspecified atom stereocenters. The normalized spacial score (nSPS) is 30.8. The molecule has 2 aliphatic rings. The molecule has 0 bridgehead atoms. The summed E-state index contributed by atoms with van der Waals surface area (Å²) in [4.78, 5) is 23.3. The summed E-state index contributed by atoms with van der Waals surface area (Å²) in [5.41, 5.74) is 0. The molecule has 2 aliphatic heterocycles. The number of hydrogen-bond acceptors (Lipinski definition) is 19. The van der Waals surface area contributed by atoms with Gasteiger partial charge in [0, 0.05) is 20.0 Å². The van der Waals surface area contributed by atoms with Gasteiger partial charge in [0.1, 0.15) is 48.8 Å². The van der Waals surface area contributed by atoms with Crippen molar-refractivity contribution in [3.63, 3.8) is 0 Å². The number of carbonyl (C=O) groups is 2. The van der Waals surface area contributed by atoms with E-state index in [1.165, 1.54) is 7.11 Å². The smallest absolute Gasteiger partial charge is 0.726 e. The zero-order valence-electron chi connectivity index (χ0n) is 27.1. The molecule has 2 fully saturated rings. The predicted octanol–water partition coefficient (Wildman–Crippen LogP) is -9.35. The van der Waals surface area contributed by atoms with E-state index in [2.05, 4.69) is 18.4 Å². The van der Waals surface area contributed by atoms with Crippen LogP contribution in [0, 0.1) is 0 Å². The number of unbranched alkanes of at least 4 members (excludes halogenated alkanes) is 5. The number of ether oxygens (including phenoxy) is 5. The molecule has 2 saturated heterocycles. The Bertz CT molecular complexity index is 1180. The zero-order valence-corrected chi connectivity index (χ0v) is 32.7. The van der Waals surface area contributed by atoms with Gasteiger partial charge in [0.15, 0.2) is 12.6 Å². The van der Waals surface area contributed by atoms with E-state index in [9.17, 15) is 56.0 Å². The molecule has 0 radical (unpaired) electrons. The van der Waals surface area contributed by atoms with Crippen molar-refractivity contribution >= 4 is 32.7 Å². The van der Waals surface area contributed by atoms with Crippen LogP contribution < -0.4 is 64.4 Å². The van der Waals surface area contributed by atoms with E-state index in [-0.39, 0.29) is 71.7 Å². The van der Waals surface area contributed by atoms with E-state index in [0.29, 0.717) is 19.3 Å². The summed E-state index contributed by atoms with van der Waals surface area (Å²) < 4.78 is 102. The minimum Gasteiger partial charge on any atom is -0.726 e. The monoisotopic (exact) mass is 757 g/mol. The third-order valence-corrected chi connectivity index (χ3v) is 7.93. The van der Waals surface area contributed by atoms with Crippen molar-refractivity contribution < 1.29 is 147 Å². The van der Waals surface area contributed by atoms with Crippen molar-refractivity contribution in [1.29, 1.82) is 0 Å². The molecule has 20 nitrogen and oxygen atoms in total.